The van der Waals surface area contributed by atoms with Crippen LogP contribution in [0, 0.1) is 11.3 Å². The number of nitrogen functional groups attached to an aromatic ring is 1. The first-order valence-electron chi connectivity index (χ1n) is 8.31. The molecule has 2 unspecified atom stereocenters. The summed E-state index contributed by atoms with van der Waals surface area (Å²) in [6.07, 6.45) is 2.46. The lowest BCUT2D eigenvalue weighted by molar-refractivity contribution is -0.140. The van der Waals surface area contributed by atoms with Gasteiger partial charge < -0.3 is 21.5 Å². The minimum atomic E-state index is -1.01. The Balaban J connectivity index is 1.54. The maximum absolute atomic E-state index is 12.4. The van der Waals surface area contributed by atoms with Gasteiger partial charge in [0.15, 0.2) is 0 Å². The number of nitrogens with two attached hydrogens (primary N) is 1. The van der Waals surface area contributed by atoms with Gasteiger partial charge in [0, 0.05) is 30.1 Å². The molecule has 1 aromatic rings. The van der Waals surface area contributed by atoms with Crippen LogP contribution in [0.1, 0.15) is 29.5 Å². The average molecular weight is 356 g/mol. The van der Waals surface area contributed by atoms with E-state index in [0.717, 1.165) is 11.1 Å². The highest BCUT2D eigenvalue weighted by Crippen LogP contribution is 2.26. The molecule has 1 fully saturated rings. The van der Waals surface area contributed by atoms with Crippen LogP contribution >= 0.6 is 0 Å². The third-order valence-electron chi connectivity index (χ3n) is 4.67. The third-order valence-corrected chi connectivity index (χ3v) is 4.67. The van der Waals surface area contributed by atoms with Crippen molar-refractivity contribution in [3.63, 3.8) is 0 Å². The van der Waals surface area contributed by atoms with Crippen LogP contribution in [0.25, 0.3) is 6.08 Å². The number of nitrogens with one attached hydrogen (secondary N) is 3. The van der Waals surface area contributed by atoms with Crippen LogP contribution in [0.15, 0.2) is 23.8 Å². The Bertz CT molecular complexity index is 830. The van der Waals surface area contributed by atoms with Gasteiger partial charge in [-0.05, 0) is 29.7 Å². The van der Waals surface area contributed by atoms with Gasteiger partial charge in [0.1, 0.15) is 5.84 Å². The summed E-state index contributed by atoms with van der Waals surface area (Å²) in [5.74, 6) is -2.07. The van der Waals surface area contributed by atoms with Crippen LogP contribution in [0.5, 0.6) is 0 Å². The Morgan fingerprint density at radius 1 is 1.38 bits per heavy atom. The zero-order valence-electron chi connectivity index (χ0n) is 14.0. The van der Waals surface area contributed by atoms with E-state index in [1.54, 1.807) is 12.1 Å². The molecule has 2 amide bonds. The van der Waals surface area contributed by atoms with Crippen LogP contribution in [0.2, 0.25) is 0 Å². The summed E-state index contributed by atoms with van der Waals surface area (Å²) < 4.78 is 0. The van der Waals surface area contributed by atoms with Crippen molar-refractivity contribution < 1.29 is 19.5 Å². The maximum atomic E-state index is 12.4. The van der Waals surface area contributed by atoms with Gasteiger partial charge in [-0.3, -0.25) is 19.8 Å². The minimum Gasteiger partial charge on any atom is -0.481 e. The van der Waals surface area contributed by atoms with Crippen molar-refractivity contribution in [1.82, 2.24) is 10.6 Å². The predicted molar refractivity (Wildman–Crippen MR) is 94.4 cm³/mol. The van der Waals surface area contributed by atoms with Gasteiger partial charge in [-0.25, -0.2) is 0 Å². The molecule has 2 atom stereocenters. The number of benzene rings is 1. The van der Waals surface area contributed by atoms with Gasteiger partial charge in [-0.2, -0.15) is 0 Å². The molecular formula is C18H20N4O4. The van der Waals surface area contributed by atoms with E-state index in [9.17, 15) is 14.4 Å². The molecule has 0 aromatic heterocycles. The average Bonchev–Trinajstić information content (AvgIpc) is 3.15. The van der Waals surface area contributed by atoms with E-state index in [1.165, 1.54) is 0 Å². The first-order valence-corrected chi connectivity index (χ1v) is 8.31. The standard InChI is InChI=1S/C18H20N4O4/c19-16(20)10-2-1-9-3-12(5-11(9)4-10)17(25)21-8-14-6-13(7-15(23)24)18(26)22-14/h1-4,13-14H,5-8H2,(H3,19,20)(H,21,25)(H,22,26)(H,23,24). The van der Waals surface area contributed by atoms with Crippen LogP contribution in [-0.4, -0.2) is 41.3 Å². The summed E-state index contributed by atoms with van der Waals surface area (Å²) in [6.45, 7) is 0.257. The fourth-order valence-corrected chi connectivity index (χ4v) is 3.34. The highest BCUT2D eigenvalue weighted by atomic mass is 16.4. The van der Waals surface area contributed by atoms with E-state index >= 15 is 0 Å². The van der Waals surface area contributed by atoms with Crippen molar-refractivity contribution in [2.24, 2.45) is 11.7 Å². The highest BCUT2D eigenvalue weighted by Gasteiger charge is 2.33. The van der Waals surface area contributed by atoms with Crippen molar-refractivity contribution in [1.29, 1.82) is 5.41 Å². The summed E-state index contributed by atoms with van der Waals surface area (Å²) in [5, 5.41) is 21.8. The van der Waals surface area contributed by atoms with E-state index in [0.29, 0.717) is 24.0 Å². The van der Waals surface area contributed by atoms with E-state index in [2.05, 4.69) is 10.6 Å². The fraction of sp³-hybridized carbons (Fsp3) is 0.333. The Morgan fingerprint density at radius 2 is 2.15 bits per heavy atom. The van der Waals surface area contributed by atoms with Crippen molar-refractivity contribution in [3.05, 3.63) is 40.5 Å². The van der Waals surface area contributed by atoms with E-state index in [-0.39, 0.29) is 36.7 Å². The number of carboxylic acid groups (broad SMARTS) is 1. The molecule has 3 rings (SSSR count). The normalized spacial score (nSPS) is 20.9. The maximum Gasteiger partial charge on any atom is 0.304 e. The number of fused-ring (bicyclic) bond motifs is 1. The number of amides is 2. The lowest BCUT2D eigenvalue weighted by Crippen LogP contribution is -2.39. The van der Waals surface area contributed by atoms with Crippen molar-refractivity contribution in [3.8, 4) is 0 Å². The number of amidine groups is 1. The summed E-state index contributed by atoms with van der Waals surface area (Å²) in [7, 11) is 0. The molecular weight excluding hydrogens is 336 g/mol. The SMILES string of the molecule is N=C(N)c1ccc2c(c1)CC(C(=O)NCC1CC(CC(=O)O)C(=O)N1)=C2. The largest absolute Gasteiger partial charge is 0.481 e. The Kier molecular flexibility index (Phi) is 4.75. The molecule has 1 heterocycles. The number of aliphatic carboxylic acids is 1. The number of carbonyl (C=O) groups is 3. The quantitative estimate of drug-likeness (QED) is 0.360. The van der Waals surface area contributed by atoms with Gasteiger partial charge in [0.05, 0.1) is 12.3 Å². The van der Waals surface area contributed by atoms with Crippen LogP contribution in [0.3, 0.4) is 0 Å². The lowest BCUT2D eigenvalue weighted by atomic mass is 10.0. The van der Waals surface area contributed by atoms with Gasteiger partial charge in [0.25, 0.3) is 0 Å². The number of hydrogen-bond acceptors (Lipinski definition) is 4. The van der Waals surface area contributed by atoms with Crippen molar-refractivity contribution in [2.45, 2.75) is 25.3 Å². The summed E-state index contributed by atoms with van der Waals surface area (Å²) in [6, 6.07) is 5.13. The second kappa shape index (κ2) is 6.99. The summed E-state index contributed by atoms with van der Waals surface area (Å²) in [5.41, 5.74) is 8.58. The van der Waals surface area contributed by atoms with Crippen LogP contribution in [0.4, 0.5) is 0 Å². The molecule has 0 radical (unpaired) electrons. The highest BCUT2D eigenvalue weighted by molar-refractivity contribution is 6.01. The monoisotopic (exact) mass is 356 g/mol. The van der Waals surface area contributed by atoms with Crippen molar-refractivity contribution >= 4 is 29.7 Å². The smallest absolute Gasteiger partial charge is 0.304 e. The number of carboxylic acids is 1. The third kappa shape index (κ3) is 3.74. The Hall–Kier alpha value is -3.16. The molecule has 1 aliphatic carbocycles. The topological polar surface area (TPSA) is 145 Å². The number of rotatable bonds is 6. The van der Waals surface area contributed by atoms with E-state index in [4.69, 9.17) is 16.2 Å². The molecule has 8 heteroatoms. The van der Waals surface area contributed by atoms with Gasteiger partial charge >= 0.3 is 5.97 Å². The molecule has 0 bridgehead atoms. The minimum absolute atomic E-state index is 0.0152. The Labute approximate surface area is 150 Å². The zero-order chi connectivity index (χ0) is 18.8. The van der Waals surface area contributed by atoms with Gasteiger partial charge in [-0.1, -0.05) is 12.1 Å². The van der Waals surface area contributed by atoms with Gasteiger partial charge in [-0.15, -0.1) is 0 Å². The lowest BCUT2D eigenvalue weighted by Gasteiger charge is -2.12. The molecule has 8 nitrogen and oxygen atoms in total. The van der Waals surface area contributed by atoms with Crippen LogP contribution < -0.4 is 16.4 Å². The summed E-state index contributed by atoms with van der Waals surface area (Å²) >= 11 is 0. The van der Waals surface area contributed by atoms with E-state index < -0.39 is 11.9 Å². The number of carbonyl (C=O) groups excluding carboxylic acids is 2. The first-order chi connectivity index (χ1) is 12.3. The second-order valence-electron chi connectivity index (χ2n) is 6.62. The summed E-state index contributed by atoms with van der Waals surface area (Å²) in [4.78, 5) is 34.9. The van der Waals surface area contributed by atoms with Crippen LogP contribution in [-0.2, 0) is 20.8 Å². The molecule has 1 aliphatic heterocycles. The number of hydrogen-bond donors (Lipinski definition) is 5. The molecule has 6 N–H and O–H groups in total. The zero-order valence-corrected chi connectivity index (χ0v) is 14.0. The fourth-order valence-electron chi connectivity index (χ4n) is 3.34. The molecule has 1 aromatic carbocycles. The predicted octanol–water partition coefficient (Wildman–Crippen LogP) is 0.00577. The molecule has 26 heavy (non-hydrogen) atoms. The molecule has 136 valence electrons. The molecule has 0 saturated carbocycles. The Morgan fingerprint density at radius 3 is 2.85 bits per heavy atom. The van der Waals surface area contributed by atoms with Gasteiger partial charge in [0.2, 0.25) is 11.8 Å². The molecule has 2 aliphatic rings. The van der Waals surface area contributed by atoms with E-state index in [1.807, 2.05) is 12.1 Å². The second-order valence-corrected chi connectivity index (χ2v) is 6.62. The first kappa shape index (κ1) is 17.7. The van der Waals surface area contributed by atoms with Crippen molar-refractivity contribution in [2.75, 3.05) is 6.54 Å². The molecule has 1 saturated heterocycles. The molecule has 0 spiro atoms.